The Hall–Kier alpha value is -3.44. The molecular weight excluding hydrogens is 408 g/mol. The Labute approximate surface area is 185 Å². The van der Waals surface area contributed by atoms with Gasteiger partial charge in [0, 0.05) is 42.3 Å². The van der Waals surface area contributed by atoms with Gasteiger partial charge in [-0.15, -0.1) is 10.2 Å². The molecule has 0 unspecified atom stereocenters. The lowest BCUT2D eigenvalue weighted by atomic mass is 10.1. The van der Waals surface area contributed by atoms with Crippen LogP contribution in [0.25, 0.3) is 22.0 Å². The van der Waals surface area contributed by atoms with Crippen LogP contribution in [0.15, 0.2) is 78.9 Å². The van der Waals surface area contributed by atoms with Gasteiger partial charge in [0.25, 0.3) is 5.91 Å². The number of anilines is 1. The van der Waals surface area contributed by atoms with Crippen molar-refractivity contribution in [3.8, 4) is 11.3 Å². The summed E-state index contributed by atoms with van der Waals surface area (Å²) >= 11 is 5.92. The number of carbonyl (C=O) groups is 1. The van der Waals surface area contributed by atoms with Crippen LogP contribution in [0.1, 0.15) is 10.4 Å². The summed E-state index contributed by atoms with van der Waals surface area (Å²) in [7, 11) is 0. The van der Waals surface area contributed by atoms with Gasteiger partial charge in [-0.1, -0.05) is 48.0 Å². The third kappa shape index (κ3) is 4.09. The Morgan fingerprint density at radius 3 is 2.23 bits per heavy atom. The first-order valence-electron chi connectivity index (χ1n) is 10.3. The van der Waals surface area contributed by atoms with E-state index in [-0.39, 0.29) is 5.91 Å². The lowest BCUT2D eigenvalue weighted by Crippen LogP contribution is -2.49. The minimum absolute atomic E-state index is 0.0362. The zero-order valence-corrected chi connectivity index (χ0v) is 17.7. The summed E-state index contributed by atoms with van der Waals surface area (Å²) in [4.78, 5) is 16.7. The molecule has 31 heavy (non-hydrogen) atoms. The quantitative estimate of drug-likeness (QED) is 0.465. The molecule has 1 saturated heterocycles. The van der Waals surface area contributed by atoms with Gasteiger partial charge in [-0.2, -0.15) is 0 Å². The Kier molecular flexibility index (Phi) is 5.26. The second kappa shape index (κ2) is 8.36. The molecule has 1 amide bonds. The minimum atomic E-state index is 0.0362. The Balaban J connectivity index is 1.25. The van der Waals surface area contributed by atoms with Gasteiger partial charge < -0.3 is 9.80 Å². The van der Waals surface area contributed by atoms with E-state index in [1.54, 1.807) is 24.3 Å². The maximum Gasteiger partial charge on any atom is 0.253 e. The highest BCUT2D eigenvalue weighted by molar-refractivity contribution is 6.30. The highest BCUT2D eigenvalue weighted by Gasteiger charge is 2.23. The summed E-state index contributed by atoms with van der Waals surface area (Å²) in [6.45, 7) is 2.75. The predicted molar refractivity (Wildman–Crippen MR) is 125 cm³/mol. The van der Waals surface area contributed by atoms with E-state index in [4.69, 9.17) is 11.6 Å². The van der Waals surface area contributed by atoms with E-state index in [0.29, 0.717) is 23.7 Å². The molecule has 6 heteroatoms. The number of rotatable bonds is 3. The standard InChI is InChI=1S/C25H21ClN4O/c26-22-9-7-19(8-10-22)25(31)30-15-13-29(14-16-30)24-12-11-23(27-28-24)21-6-5-18-3-1-2-4-20(18)17-21/h1-12,17H,13-16H2. The molecule has 1 aromatic heterocycles. The van der Waals surface area contributed by atoms with Crippen molar-refractivity contribution in [2.24, 2.45) is 0 Å². The van der Waals surface area contributed by atoms with Gasteiger partial charge in [0.2, 0.25) is 0 Å². The van der Waals surface area contributed by atoms with Crippen LogP contribution in [0.3, 0.4) is 0 Å². The first-order chi connectivity index (χ1) is 15.2. The van der Waals surface area contributed by atoms with Crippen LogP contribution in [0.4, 0.5) is 5.82 Å². The molecule has 0 aliphatic carbocycles. The van der Waals surface area contributed by atoms with Gasteiger partial charge in [0.05, 0.1) is 5.69 Å². The molecule has 1 aliphatic heterocycles. The van der Waals surface area contributed by atoms with E-state index >= 15 is 0 Å². The van der Waals surface area contributed by atoms with Gasteiger partial charge in [-0.25, -0.2) is 0 Å². The fourth-order valence-electron chi connectivity index (χ4n) is 3.91. The summed E-state index contributed by atoms with van der Waals surface area (Å²) in [5.74, 6) is 0.872. The van der Waals surface area contributed by atoms with Crippen LogP contribution in [-0.4, -0.2) is 47.2 Å². The lowest BCUT2D eigenvalue weighted by Gasteiger charge is -2.35. The average molecular weight is 429 g/mol. The van der Waals surface area contributed by atoms with Crippen molar-refractivity contribution in [3.63, 3.8) is 0 Å². The van der Waals surface area contributed by atoms with Crippen LogP contribution in [-0.2, 0) is 0 Å². The van der Waals surface area contributed by atoms with Crippen molar-refractivity contribution >= 4 is 34.1 Å². The maximum absolute atomic E-state index is 12.7. The highest BCUT2D eigenvalue weighted by atomic mass is 35.5. The molecule has 0 spiro atoms. The Bertz CT molecular complexity index is 1220. The number of benzene rings is 3. The summed E-state index contributed by atoms with van der Waals surface area (Å²) in [5, 5.41) is 11.9. The van der Waals surface area contributed by atoms with Crippen molar-refractivity contribution in [1.82, 2.24) is 15.1 Å². The molecular formula is C25H21ClN4O. The Morgan fingerprint density at radius 2 is 1.52 bits per heavy atom. The number of halogens is 1. The summed E-state index contributed by atoms with van der Waals surface area (Å²) in [5.41, 5.74) is 2.57. The van der Waals surface area contributed by atoms with E-state index < -0.39 is 0 Å². The van der Waals surface area contributed by atoms with Crippen LogP contribution in [0, 0.1) is 0 Å². The molecule has 0 N–H and O–H groups in total. The topological polar surface area (TPSA) is 49.3 Å². The third-order valence-corrected chi connectivity index (χ3v) is 5.93. The molecule has 4 aromatic rings. The number of piperazine rings is 1. The molecule has 0 bridgehead atoms. The third-order valence-electron chi connectivity index (χ3n) is 5.68. The number of hydrogen-bond donors (Lipinski definition) is 0. The van der Waals surface area contributed by atoms with E-state index in [2.05, 4.69) is 45.4 Å². The van der Waals surface area contributed by atoms with Crippen molar-refractivity contribution in [1.29, 1.82) is 0 Å². The molecule has 5 rings (SSSR count). The first kappa shape index (κ1) is 19.5. The van der Waals surface area contributed by atoms with Gasteiger partial charge in [-0.3, -0.25) is 4.79 Å². The van der Waals surface area contributed by atoms with Gasteiger partial charge in [0.15, 0.2) is 5.82 Å². The van der Waals surface area contributed by atoms with E-state index in [9.17, 15) is 4.79 Å². The molecule has 0 atom stereocenters. The molecule has 0 saturated carbocycles. The van der Waals surface area contributed by atoms with Gasteiger partial charge in [0.1, 0.15) is 0 Å². The summed E-state index contributed by atoms with van der Waals surface area (Å²) in [6, 6.07) is 25.7. The van der Waals surface area contributed by atoms with Crippen LogP contribution >= 0.6 is 11.6 Å². The molecule has 3 aromatic carbocycles. The molecule has 1 fully saturated rings. The fourth-order valence-corrected chi connectivity index (χ4v) is 4.04. The van der Waals surface area contributed by atoms with Crippen molar-refractivity contribution in [2.45, 2.75) is 0 Å². The van der Waals surface area contributed by atoms with E-state index in [0.717, 1.165) is 30.2 Å². The molecule has 5 nitrogen and oxygen atoms in total. The number of fused-ring (bicyclic) bond motifs is 1. The molecule has 154 valence electrons. The van der Waals surface area contributed by atoms with E-state index in [1.165, 1.54) is 10.8 Å². The molecule has 0 radical (unpaired) electrons. The molecule has 2 heterocycles. The number of nitrogens with zero attached hydrogens (tertiary/aromatic N) is 4. The van der Waals surface area contributed by atoms with Crippen LogP contribution < -0.4 is 4.90 Å². The normalized spacial score (nSPS) is 14.1. The predicted octanol–water partition coefficient (Wildman–Crippen LogP) is 4.91. The average Bonchev–Trinajstić information content (AvgIpc) is 2.84. The smallest absolute Gasteiger partial charge is 0.253 e. The number of carbonyl (C=O) groups excluding carboxylic acids is 1. The number of amides is 1. The highest BCUT2D eigenvalue weighted by Crippen LogP contribution is 2.24. The Morgan fingerprint density at radius 1 is 0.774 bits per heavy atom. The minimum Gasteiger partial charge on any atom is -0.352 e. The number of aromatic nitrogens is 2. The summed E-state index contributed by atoms with van der Waals surface area (Å²) < 4.78 is 0. The van der Waals surface area contributed by atoms with Crippen LogP contribution in [0.2, 0.25) is 5.02 Å². The lowest BCUT2D eigenvalue weighted by molar-refractivity contribution is 0.0746. The summed E-state index contributed by atoms with van der Waals surface area (Å²) in [6.07, 6.45) is 0. The van der Waals surface area contributed by atoms with Crippen molar-refractivity contribution in [3.05, 3.63) is 89.4 Å². The monoisotopic (exact) mass is 428 g/mol. The largest absolute Gasteiger partial charge is 0.352 e. The van der Waals surface area contributed by atoms with E-state index in [1.807, 2.05) is 29.2 Å². The maximum atomic E-state index is 12.7. The van der Waals surface area contributed by atoms with Crippen LogP contribution in [0.5, 0.6) is 0 Å². The fraction of sp³-hybridized carbons (Fsp3) is 0.160. The number of hydrogen-bond acceptors (Lipinski definition) is 4. The molecule has 1 aliphatic rings. The zero-order valence-electron chi connectivity index (χ0n) is 16.9. The van der Waals surface area contributed by atoms with Gasteiger partial charge >= 0.3 is 0 Å². The SMILES string of the molecule is O=C(c1ccc(Cl)cc1)N1CCN(c2ccc(-c3ccc4ccccc4c3)nn2)CC1. The van der Waals surface area contributed by atoms with Crippen molar-refractivity contribution in [2.75, 3.05) is 31.1 Å². The first-order valence-corrected chi connectivity index (χ1v) is 10.7. The zero-order chi connectivity index (χ0) is 21.2. The van der Waals surface area contributed by atoms with Gasteiger partial charge in [-0.05, 0) is 53.2 Å². The second-order valence-corrected chi connectivity index (χ2v) is 8.06. The van der Waals surface area contributed by atoms with Crippen molar-refractivity contribution < 1.29 is 4.79 Å². The second-order valence-electron chi connectivity index (χ2n) is 7.62.